The topological polar surface area (TPSA) is 67.5 Å². The molecule has 0 aliphatic rings. The second-order valence-electron chi connectivity index (χ2n) is 3.85. The highest BCUT2D eigenvalue weighted by Crippen LogP contribution is 2.20. The van der Waals surface area contributed by atoms with Crippen molar-refractivity contribution >= 4 is 11.5 Å². The van der Waals surface area contributed by atoms with Crippen molar-refractivity contribution in [1.82, 2.24) is 14.6 Å². The fraction of sp³-hybridized carbons (Fsp3) is 0. The number of hydrogen-bond acceptors (Lipinski definition) is 3. The number of aromatic nitrogens is 3. The van der Waals surface area contributed by atoms with E-state index in [1.165, 1.54) is 6.20 Å². The van der Waals surface area contributed by atoms with Crippen LogP contribution in [0.5, 0.6) is 0 Å². The third-order valence-electron chi connectivity index (χ3n) is 2.74. The Bertz CT molecular complexity index is 719. The Morgan fingerprint density at radius 3 is 2.78 bits per heavy atom. The van der Waals surface area contributed by atoms with Gasteiger partial charge in [0, 0.05) is 29.7 Å². The van der Waals surface area contributed by atoms with Gasteiger partial charge in [-0.15, -0.1) is 0 Å². The van der Waals surface area contributed by atoms with E-state index < -0.39 is 5.97 Å². The molecule has 5 nitrogen and oxygen atoms in total. The van der Waals surface area contributed by atoms with Gasteiger partial charge in [-0.05, 0) is 12.1 Å². The predicted molar refractivity (Wildman–Crippen MR) is 65.4 cm³/mol. The second kappa shape index (κ2) is 3.96. The van der Waals surface area contributed by atoms with Crippen LogP contribution >= 0.6 is 0 Å². The van der Waals surface area contributed by atoms with Crippen molar-refractivity contribution in [2.75, 3.05) is 0 Å². The van der Waals surface area contributed by atoms with Crippen LogP contribution in [0.4, 0.5) is 0 Å². The van der Waals surface area contributed by atoms with Crippen LogP contribution in [-0.4, -0.2) is 25.7 Å². The summed E-state index contributed by atoms with van der Waals surface area (Å²) in [7, 11) is 0. The van der Waals surface area contributed by atoms with Crippen LogP contribution in [-0.2, 0) is 0 Å². The number of carbonyl (C=O) groups is 1. The van der Waals surface area contributed by atoms with E-state index in [1.54, 1.807) is 29.2 Å². The minimum atomic E-state index is -0.973. The Labute approximate surface area is 102 Å². The summed E-state index contributed by atoms with van der Waals surface area (Å²) in [5.74, 6) is -0.973. The first kappa shape index (κ1) is 10.5. The third kappa shape index (κ3) is 1.62. The zero-order valence-corrected chi connectivity index (χ0v) is 9.32. The molecule has 3 aromatic rings. The van der Waals surface area contributed by atoms with Crippen molar-refractivity contribution in [3.8, 4) is 11.1 Å². The number of carboxylic acid groups (broad SMARTS) is 1. The first-order valence-corrected chi connectivity index (χ1v) is 5.37. The van der Waals surface area contributed by atoms with E-state index in [-0.39, 0.29) is 5.56 Å². The summed E-state index contributed by atoms with van der Waals surface area (Å²) in [6.45, 7) is 0. The van der Waals surface area contributed by atoms with Crippen molar-refractivity contribution in [3.63, 3.8) is 0 Å². The number of aromatic carboxylic acids is 1. The van der Waals surface area contributed by atoms with Crippen LogP contribution in [0.1, 0.15) is 10.4 Å². The van der Waals surface area contributed by atoms with Crippen LogP contribution in [0.15, 0.2) is 49.1 Å². The SMILES string of the molecule is O=C(O)c1cnn2cc(-c3cccnc3)ccc12. The summed E-state index contributed by atoms with van der Waals surface area (Å²) >= 11 is 0. The standard InChI is InChI=1S/C13H9N3O2/c17-13(18)11-7-15-16-8-10(3-4-12(11)16)9-2-1-5-14-6-9/h1-8H,(H,17,18). The minimum Gasteiger partial charge on any atom is -0.478 e. The molecular formula is C13H9N3O2. The van der Waals surface area contributed by atoms with Crippen molar-refractivity contribution in [2.24, 2.45) is 0 Å². The van der Waals surface area contributed by atoms with Crippen LogP contribution in [0.2, 0.25) is 0 Å². The van der Waals surface area contributed by atoms with Crippen LogP contribution in [0.3, 0.4) is 0 Å². The Morgan fingerprint density at radius 2 is 2.06 bits per heavy atom. The predicted octanol–water partition coefficient (Wildman–Crippen LogP) is 2.09. The van der Waals surface area contributed by atoms with Gasteiger partial charge in [-0.1, -0.05) is 12.1 Å². The monoisotopic (exact) mass is 239 g/mol. The van der Waals surface area contributed by atoms with Crippen molar-refractivity contribution in [1.29, 1.82) is 0 Å². The number of nitrogens with zero attached hydrogens (tertiary/aromatic N) is 3. The lowest BCUT2D eigenvalue weighted by atomic mass is 10.1. The van der Waals surface area contributed by atoms with Gasteiger partial charge in [0.1, 0.15) is 5.56 Å². The lowest BCUT2D eigenvalue weighted by molar-refractivity contribution is 0.0699. The number of rotatable bonds is 2. The van der Waals surface area contributed by atoms with Gasteiger partial charge in [0.15, 0.2) is 0 Å². The summed E-state index contributed by atoms with van der Waals surface area (Å²) in [5.41, 5.74) is 2.69. The van der Waals surface area contributed by atoms with E-state index in [1.807, 2.05) is 18.2 Å². The highest BCUT2D eigenvalue weighted by Gasteiger charge is 2.11. The van der Waals surface area contributed by atoms with Gasteiger partial charge >= 0.3 is 5.97 Å². The van der Waals surface area contributed by atoms with Crippen LogP contribution in [0, 0.1) is 0 Å². The van der Waals surface area contributed by atoms with Crippen molar-refractivity contribution < 1.29 is 9.90 Å². The summed E-state index contributed by atoms with van der Waals surface area (Å²) in [6, 6.07) is 7.40. The van der Waals surface area contributed by atoms with E-state index in [4.69, 9.17) is 5.11 Å². The molecule has 0 amide bonds. The zero-order valence-electron chi connectivity index (χ0n) is 9.32. The van der Waals surface area contributed by atoms with Crippen molar-refractivity contribution in [2.45, 2.75) is 0 Å². The smallest absolute Gasteiger partial charge is 0.339 e. The highest BCUT2D eigenvalue weighted by molar-refractivity contribution is 5.95. The molecule has 0 atom stereocenters. The van der Waals surface area contributed by atoms with E-state index in [0.29, 0.717) is 5.52 Å². The molecule has 0 aliphatic heterocycles. The Hall–Kier alpha value is -2.69. The van der Waals surface area contributed by atoms with Crippen molar-refractivity contribution in [3.05, 3.63) is 54.6 Å². The molecule has 0 saturated heterocycles. The molecule has 0 unspecified atom stereocenters. The van der Waals surface area contributed by atoms with Gasteiger partial charge < -0.3 is 5.11 Å². The van der Waals surface area contributed by atoms with Crippen LogP contribution in [0.25, 0.3) is 16.6 Å². The molecule has 3 heterocycles. The zero-order chi connectivity index (χ0) is 12.5. The quantitative estimate of drug-likeness (QED) is 0.743. The Balaban J connectivity index is 2.16. The number of hydrogen-bond donors (Lipinski definition) is 1. The Morgan fingerprint density at radius 1 is 1.17 bits per heavy atom. The van der Waals surface area contributed by atoms with Gasteiger partial charge in [0.2, 0.25) is 0 Å². The lowest BCUT2D eigenvalue weighted by Gasteiger charge is -2.01. The van der Waals surface area contributed by atoms with Crippen LogP contribution < -0.4 is 0 Å². The third-order valence-corrected chi connectivity index (χ3v) is 2.74. The highest BCUT2D eigenvalue weighted by atomic mass is 16.4. The molecule has 3 aromatic heterocycles. The van der Waals surface area contributed by atoms with Gasteiger partial charge in [-0.3, -0.25) is 4.98 Å². The average molecular weight is 239 g/mol. The molecule has 0 bridgehead atoms. The first-order valence-electron chi connectivity index (χ1n) is 5.37. The summed E-state index contributed by atoms with van der Waals surface area (Å²) in [5, 5.41) is 13.0. The molecule has 0 radical (unpaired) electrons. The molecule has 0 aromatic carbocycles. The fourth-order valence-corrected chi connectivity index (χ4v) is 1.85. The fourth-order valence-electron chi connectivity index (χ4n) is 1.85. The molecule has 0 fully saturated rings. The van der Waals surface area contributed by atoms with E-state index >= 15 is 0 Å². The average Bonchev–Trinajstić information content (AvgIpc) is 2.82. The normalized spacial score (nSPS) is 10.7. The summed E-state index contributed by atoms with van der Waals surface area (Å²) in [6.07, 6.45) is 6.60. The van der Waals surface area contributed by atoms with E-state index in [0.717, 1.165) is 11.1 Å². The van der Waals surface area contributed by atoms with Gasteiger partial charge in [0.25, 0.3) is 0 Å². The molecule has 0 aliphatic carbocycles. The lowest BCUT2D eigenvalue weighted by Crippen LogP contribution is -1.95. The summed E-state index contributed by atoms with van der Waals surface area (Å²) < 4.78 is 1.56. The molecule has 88 valence electrons. The van der Waals surface area contributed by atoms with E-state index in [2.05, 4.69) is 10.1 Å². The molecular weight excluding hydrogens is 230 g/mol. The molecule has 1 N–H and O–H groups in total. The molecule has 0 spiro atoms. The molecule has 3 rings (SSSR count). The van der Waals surface area contributed by atoms with Gasteiger partial charge in [-0.25, -0.2) is 9.31 Å². The minimum absolute atomic E-state index is 0.202. The number of carboxylic acids is 1. The molecule has 0 saturated carbocycles. The maximum Gasteiger partial charge on any atom is 0.339 e. The maximum atomic E-state index is 11.0. The summed E-state index contributed by atoms with van der Waals surface area (Å²) in [4.78, 5) is 15.0. The first-order chi connectivity index (χ1) is 8.75. The largest absolute Gasteiger partial charge is 0.478 e. The molecule has 18 heavy (non-hydrogen) atoms. The number of pyridine rings is 2. The van der Waals surface area contributed by atoms with Gasteiger partial charge in [-0.2, -0.15) is 5.10 Å². The van der Waals surface area contributed by atoms with E-state index in [9.17, 15) is 4.79 Å². The second-order valence-corrected chi connectivity index (χ2v) is 3.85. The molecule has 5 heteroatoms. The van der Waals surface area contributed by atoms with Gasteiger partial charge in [0.05, 0.1) is 11.7 Å². The Kier molecular flexibility index (Phi) is 2.30. The maximum absolute atomic E-state index is 11.0. The number of fused-ring (bicyclic) bond motifs is 1.